The van der Waals surface area contributed by atoms with E-state index < -0.39 is 0 Å². The van der Waals surface area contributed by atoms with Crippen LogP contribution >= 0.6 is 0 Å². The topological polar surface area (TPSA) is 57.8 Å². The molecule has 4 nitrogen and oxygen atoms in total. The van der Waals surface area contributed by atoms with E-state index in [1.807, 2.05) is 18.2 Å². The maximum absolute atomic E-state index is 12.0. The molecule has 102 valence electrons. The largest absolute Gasteiger partial charge is 0.309 e. The van der Waals surface area contributed by atoms with Crippen LogP contribution in [-0.4, -0.2) is 16.5 Å². The Morgan fingerprint density at radius 2 is 2.05 bits per heavy atom. The molecule has 0 saturated heterocycles. The van der Waals surface area contributed by atoms with Crippen molar-refractivity contribution >= 4 is 10.9 Å². The molecule has 1 atom stereocenters. The number of benzene rings is 1. The van der Waals surface area contributed by atoms with Gasteiger partial charge < -0.3 is 10.3 Å². The number of aromatic nitrogens is 2. The number of hydrogen-bond acceptors (Lipinski definition) is 3. The van der Waals surface area contributed by atoms with Crippen molar-refractivity contribution in [1.29, 1.82) is 0 Å². The number of rotatable bonds is 5. The highest BCUT2D eigenvalue weighted by Crippen LogP contribution is 2.14. The molecule has 2 rings (SSSR count). The van der Waals surface area contributed by atoms with Crippen molar-refractivity contribution in [1.82, 2.24) is 15.3 Å². The fraction of sp³-hybridized carbons (Fsp3) is 0.467. The van der Waals surface area contributed by atoms with E-state index in [4.69, 9.17) is 0 Å². The fourth-order valence-electron chi connectivity index (χ4n) is 2.08. The molecule has 4 heteroatoms. The Morgan fingerprint density at radius 3 is 2.74 bits per heavy atom. The molecule has 1 unspecified atom stereocenters. The molecule has 0 spiro atoms. The van der Waals surface area contributed by atoms with Crippen molar-refractivity contribution in [2.75, 3.05) is 6.54 Å². The number of para-hydroxylation sites is 1. The summed E-state index contributed by atoms with van der Waals surface area (Å²) in [5.41, 5.74) is 0.691. The molecule has 0 aliphatic rings. The zero-order chi connectivity index (χ0) is 13.8. The second kappa shape index (κ2) is 5.97. The summed E-state index contributed by atoms with van der Waals surface area (Å²) in [6.45, 7) is 7.33. The highest BCUT2D eigenvalue weighted by atomic mass is 16.1. The maximum Gasteiger partial charge on any atom is 0.258 e. The van der Waals surface area contributed by atoms with Crippen LogP contribution < -0.4 is 10.9 Å². The molecule has 1 aromatic heterocycles. The molecule has 0 amide bonds. The van der Waals surface area contributed by atoms with Crippen LogP contribution in [0.25, 0.3) is 10.9 Å². The molecular weight excluding hydrogens is 238 g/mol. The van der Waals surface area contributed by atoms with Gasteiger partial charge in [0, 0.05) is 0 Å². The molecular formula is C15H21N3O. The normalized spacial score (nSPS) is 13.1. The third kappa shape index (κ3) is 3.20. The van der Waals surface area contributed by atoms with E-state index in [1.54, 1.807) is 6.07 Å². The van der Waals surface area contributed by atoms with E-state index in [-0.39, 0.29) is 11.6 Å². The number of nitrogens with zero attached hydrogens (tertiary/aromatic N) is 1. The molecule has 0 bridgehead atoms. The van der Waals surface area contributed by atoms with Gasteiger partial charge in [-0.2, -0.15) is 0 Å². The van der Waals surface area contributed by atoms with Crippen LogP contribution in [0.1, 0.15) is 39.1 Å². The standard InChI is InChI=1S/C15H21N3O/c1-4-12(16-9-10(2)3)14-17-13-8-6-5-7-11(13)15(19)18-14/h5-8,10,12,16H,4,9H2,1-3H3,(H,17,18,19). The van der Waals surface area contributed by atoms with Gasteiger partial charge in [-0.1, -0.05) is 32.9 Å². The van der Waals surface area contributed by atoms with E-state index in [0.717, 1.165) is 24.3 Å². The number of hydrogen-bond donors (Lipinski definition) is 2. The Hall–Kier alpha value is -1.68. The summed E-state index contributed by atoms with van der Waals surface area (Å²) < 4.78 is 0. The van der Waals surface area contributed by atoms with Crippen molar-refractivity contribution in [3.05, 3.63) is 40.4 Å². The summed E-state index contributed by atoms with van der Waals surface area (Å²) in [6, 6.07) is 7.53. The summed E-state index contributed by atoms with van der Waals surface area (Å²) in [5, 5.41) is 4.09. The molecule has 19 heavy (non-hydrogen) atoms. The van der Waals surface area contributed by atoms with E-state index in [0.29, 0.717) is 11.3 Å². The molecule has 1 aromatic carbocycles. The van der Waals surface area contributed by atoms with Gasteiger partial charge in [0.25, 0.3) is 5.56 Å². The van der Waals surface area contributed by atoms with Gasteiger partial charge in [-0.25, -0.2) is 4.98 Å². The summed E-state index contributed by atoms with van der Waals surface area (Å²) >= 11 is 0. The van der Waals surface area contributed by atoms with Crippen LogP contribution in [0.3, 0.4) is 0 Å². The number of aromatic amines is 1. The van der Waals surface area contributed by atoms with Crippen LogP contribution in [0.15, 0.2) is 29.1 Å². The molecule has 0 saturated carbocycles. The van der Waals surface area contributed by atoms with Gasteiger partial charge in [0.2, 0.25) is 0 Å². The lowest BCUT2D eigenvalue weighted by molar-refractivity contribution is 0.449. The Kier molecular flexibility index (Phi) is 4.32. The minimum absolute atomic E-state index is 0.0644. The quantitative estimate of drug-likeness (QED) is 0.867. The highest BCUT2D eigenvalue weighted by molar-refractivity contribution is 5.77. The molecule has 2 N–H and O–H groups in total. The predicted octanol–water partition coefficient (Wildman–Crippen LogP) is 2.62. The molecule has 0 aliphatic carbocycles. The third-order valence-corrected chi connectivity index (χ3v) is 3.14. The zero-order valence-electron chi connectivity index (χ0n) is 11.7. The number of fused-ring (bicyclic) bond motifs is 1. The van der Waals surface area contributed by atoms with Crippen LogP contribution in [0.5, 0.6) is 0 Å². The first-order chi connectivity index (χ1) is 9.11. The van der Waals surface area contributed by atoms with Crippen molar-refractivity contribution in [2.24, 2.45) is 5.92 Å². The summed E-state index contributed by atoms with van der Waals surface area (Å²) in [5.74, 6) is 1.30. The van der Waals surface area contributed by atoms with Crippen LogP contribution in [-0.2, 0) is 0 Å². The molecule has 2 aromatic rings. The number of nitrogens with one attached hydrogen (secondary N) is 2. The Labute approximate surface area is 113 Å². The molecule has 0 aliphatic heterocycles. The minimum Gasteiger partial charge on any atom is -0.309 e. The lowest BCUT2D eigenvalue weighted by Gasteiger charge is -2.17. The molecule has 1 heterocycles. The van der Waals surface area contributed by atoms with Crippen LogP contribution in [0.2, 0.25) is 0 Å². The smallest absolute Gasteiger partial charge is 0.258 e. The fourth-order valence-corrected chi connectivity index (χ4v) is 2.08. The molecule has 0 radical (unpaired) electrons. The lowest BCUT2D eigenvalue weighted by Crippen LogP contribution is -2.28. The van der Waals surface area contributed by atoms with E-state index >= 15 is 0 Å². The Bertz CT molecular complexity index is 604. The van der Waals surface area contributed by atoms with Crippen molar-refractivity contribution in [3.63, 3.8) is 0 Å². The van der Waals surface area contributed by atoms with Crippen molar-refractivity contribution in [2.45, 2.75) is 33.2 Å². The highest BCUT2D eigenvalue weighted by Gasteiger charge is 2.13. The van der Waals surface area contributed by atoms with E-state index in [9.17, 15) is 4.79 Å². The Balaban J connectivity index is 2.35. The van der Waals surface area contributed by atoms with Crippen molar-refractivity contribution in [3.8, 4) is 0 Å². The van der Waals surface area contributed by atoms with Gasteiger partial charge in [0.15, 0.2) is 0 Å². The average Bonchev–Trinajstić information content (AvgIpc) is 2.39. The van der Waals surface area contributed by atoms with Crippen LogP contribution in [0, 0.1) is 5.92 Å². The monoisotopic (exact) mass is 259 g/mol. The van der Waals surface area contributed by atoms with Gasteiger partial charge in [0.05, 0.1) is 16.9 Å². The summed E-state index contributed by atoms with van der Waals surface area (Å²) in [4.78, 5) is 19.5. The zero-order valence-corrected chi connectivity index (χ0v) is 11.7. The summed E-state index contributed by atoms with van der Waals surface area (Å²) in [6.07, 6.45) is 0.897. The Morgan fingerprint density at radius 1 is 1.32 bits per heavy atom. The van der Waals surface area contributed by atoms with E-state index in [1.165, 1.54) is 0 Å². The van der Waals surface area contributed by atoms with Gasteiger partial charge in [-0.3, -0.25) is 4.79 Å². The van der Waals surface area contributed by atoms with Gasteiger partial charge in [-0.05, 0) is 31.0 Å². The number of H-pyrrole nitrogens is 1. The van der Waals surface area contributed by atoms with Gasteiger partial charge >= 0.3 is 0 Å². The second-order valence-electron chi connectivity index (χ2n) is 5.23. The SMILES string of the molecule is CCC(NCC(C)C)c1nc2ccccc2c(=O)[nH]1. The van der Waals surface area contributed by atoms with Gasteiger partial charge in [-0.15, -0.1) is 0 Å². The van der Waals surface area contributed by atoms with Crippen molar-refractivity contribution < 1.29 is 0 Å². The van der Waals surface area contributed by atoms with Crippen LogP contribution in [0.4, 0.5) is 0 Å². The first-order valence-electron chi connectivity index (χ1n) is 6.84. The third-order valence-electron chi connectivity index (χ3n) is 3.14. The maximum atomic E-state index is 12.0. The average molecular weight is 259 g/mol. The predicted molar refractivity (Wildman–Crippen MR) is 78.2 cm³/mol. The molecule has 0 fully saturated rings. The second-order valence-corrected chi connectivity index (χ2v) is 5.23. The first-order valence-corrected chi connectivity index (χ1v) is 6.84. The summed E-state index contributed by atoms with van der Waals surface area (Å²) in [7, 11) is 0. The first kappa shape index (κ1) is 13.7. The van der Waals surface area contributed by atoms with Gasteiger partial charge in [0.1, 0.15) is 5.82 Å². The lowest BCUT2D eigenvalue weighted by atomic mass is 10.1. The van der Waals surface area contributed by atoms with E-state index in [2.05, 4.69) is 36.1 Å². The minimum atomic E-state index is -0.0644.